The molecular weight excluding hydrogens is 204 g/mol. The van der Waals surface area contributed by atoms with Crippen molar-refractivity contribution in [3.8, 4) is 5.88 Å². The molecule has 1 aromatic heterocycles. The third kappa shape index (κ3) is 2.56. The van der Waals surface area contributed by atoms with E-state index < -0.39 is 0 Å². The molecule has 78 valence electrons. The van der Waals surface area contributed by atoms with Gasteiger partial charge >= 0.3 is 0 Å². The topological polar surface area (TPSA) is 66.2 Å². The minimum Gasteiger partial charge on any atom is -0.493 e. The summed E-state index contributed by atoms with van der Waals surface area (Å²) in [5, 5.41) is 18.2. The first kappa shape index (κ1) is 11.2. The number of aliphatic hydroxyl groups is 1. The van der Waals surface area contributed by atoms with Gasteiger partial charge in [0.25, 0.3) is 0 Å². The van der Waals surface area contributed by atoms with Crippen LogP contribution in [0.1, 0.15) is 23.5 Å². The van der Waals surface area contributed by atoms with E-state index in [1.165, 1.54) is 0 Å². The van der Waals surface area contributed by atoms with Crippen molar-refractivity contribution in [2.75, 3.05) is 6.61 Å². The number of rotatable bonds is 4. The second kappa shape index (κ2) is 5.12. The van der Waals surface area contributed by atoms with E-state index in [0.29, 0.717) is 24.2 Å². The quantitative estimate of drug-likeness (QED) is 0.742. The maximum atomic E-state index is 9.54. The van der Waals surface area contributed by atoms with Crippen molar-refractivity contribution in [1.82, 2.24) is 9.97 Å². The summed E-state index contributed by atoms with van der Waals surface area (Å²) in [7, 11) is 0. The maximum absolute atomic E-state index is 9.54. The Kier molecular flexibility index (Phi) is 4.10. The van der Waals surface area contributed by atoms with Gasteiger partial charge < -0.3 is 10.2 Å². The molecule has 0 unspecified atom stereocenters. The Hall–Kier alpha value is -0.870. The predicted molar refractivity (Wildman–Crippen MR) is 53.4 cm³/mol. The van der Waals surface area contributed by atoms with Gasteiger partial charge in [0, 0.05) is 17.9 Å². The molecule has 1 heterocycles. The number of nitrogens with zero attached hydrogens (tertiary/aromatic N) is 2. The summed E-state index contributed by atoms with van der Waals surface area (Å²) in [5.74, 6) is 0.588. The van der Waals surface area contributed by atoms with E-state index in [1.54, 1.807) is 6.92 Å². The lowest BCUT2D eigenvalue weighted by atomic mass is 10.1. The molecule has 0 spiro atoms. The predicted octanol–water partition coefficient (Wildman–Crippen LogP) is 1.15. The van der Waals surface area contributed by atoms with Gasteiger partial charge in [-0.15, -0.1) is 11.6 Å². The van der Waals surface area contributed by atoms with Gasteiger partial charge in [0.2, 0.25) is 5.88 Å². The SMILES string of the molecule is Cc1nc(CCl)nc(O)c1CCCO. The number of aromatic hydroxyl groups is 1. The molecule has 0 fully saturated rings. The molecule has 0 bridgehead atoms. The van der Waals surface area contributed by atoms with Gasteiger partial charge in [-0.05, 0) is 19.8 Å². The summed E-state index contributed by atoms with van der Waals surface area (Å²) >= 11 is 5.55. The Balaban J connectivity index is 2.93. The third-order valence-electron chi connectivity index (χ3n) is 1.94. The average molecular weight is 217 g/mol. The summed E-state index contributed by atoms with van der Waals surface area (Å²) < 4.78 is 0. The normalized spacial score (nSPS) is 10.5. The fourth-order valence-corrected chi connectivity index (χ4v) is 1.37. The highest BCUT2D eigenvalue weighted by Gasteiger charge is 2.09. The molecule has 0 aliphatic carbocycles. The highest BCUT2D eigenvalue weighted by atomic mass is 35.5. The largest absolute Gasteiger partial charge is 0.493 e. The standard InChI is InChI=1S/C9H13ClN2O2/c1-6-7(3-2-4-13)9(14)12-8(5-10)11-6/h13H,2-5H2,1H3,(H,11,12,14). The van der Waals surface area contributed by atoms with Crippen molar-refractivity contribution in [3.05, 3.63) is 17.1 Å². The van der Waals surface area contributed by atoms with Gasteiger partial charge in [0.1, 0.15) is 5.82 Å². The van der Waals surface area contributed by atoms with Crippen molar-refractivity contribution in [2.45, 2.75) is 25.6 Å². The second-order valence-corrected chi connectivity index (χ2v) is 3.26. The van der Waals surface area contributed by atoms with Crippen LogP contribution in [0.4, 0.5) is 0 Å². The first-order chi connectivity index (χ1) is 6.69. The maximum Gasteiger partial charge on any atom is 0.217 e. The van der Waals surface area contributed by atoms with Gasteiger partial charge in [-0.1, -0.05) is 0 Å². The lowest BCUT2D eigenvalue weighted by molar-refractivity contribution is 0.287. The van der Waals surface area contributed by atoms with Crippen LogP contribution < -0.4 is 0 Å². The minimum atomic E-state index is -0.0263. The van der Waals surface area contributed by atoms with E-state index in [0.717, 1.165) is 5.69 Å². The molecular formula is C9H13ClN2O2. The Morgan fingerprint density at radius 3 is 2.57 bits per heavy atom. The number of aryl methyl sites for hydroxylation is 1. The van der Waals surface area contributed by atoms with E-state index in [1.807, 2.05) is 0 Å². The Morgan fingerprint density at radius 1 is 1.36 bits per heavy atom. The van der Waals surface area contributed by atoms with Crippen LogP contribution in [0.2, 0.25) is 0 Å². The zero-order chi connectivity index (χ0) is 10.6. The number of aliphatic hydroxyl groups excluding tert-OH is 1. The lowest BCUT2D eigenvalue weighted by Gasteiger charge is -2.07. The van der Waals surface area contributed by atoms with E-state index in [9.17, 15) is 5.11 Å². The third-order valence-corrected chi connectivity index (χ3v) is 2.18. The van der Waals surface area contributed by atoms with Crippen molar-refractivity contribution in [1.29, 1.82) is 0 Å². The van der Waals surface area contributed by atoms with Crippen molar-refractivity contribution >= 4 is 11.6 Å². The van der Waals surface area contributed by atoms with Crippen LogP contribution in [0.3, 0.4) is 0 Å². The van der Waals surface area contributed by atoms with Crippen molar-refractivity contribution in [3.63, 3.8) is 0 Å². The molecule has 14 heavy (non-hydrogen) atoms. The molecule has 4 nitrogen and oxygen atoms in total. The second-order valence-electron chi connectivity index (χ2n) is 2.99. The highest BCUT2D eigenvalue weighted by molar-refractivity contribution is 6.16. The van der Waals surface area contributed by atoms with Crippen LogP contribution in [-0.2, 0) is 12.3 Å². The number of halogens is 1. The summed E-state index contributed by atoms with van der Waals surface area (Å²) in [5.41, 5.74) is 1.41. The molecule has 2 N–H and O–H groups in total. The molecule has 0 amide bonds. The molecule has 0 saturated carbocycles. The van der Waals surface area contributed by atoms with Crippen LogP contribution >= 0.6 is 11.6 Å². The number of alkyl halides is 1. The van der Waals surface area contributed by atoms with Gasteiger partial charge in [0.05, 0.1) is 5.88 Å². The van der Waals surface area contributed by atoms with E-state index in [4.69, 9.17) is 16.7 Å². The molecule has 0 atom stereocenters. The zero-order valence-electron chi connectivity index (χ0n) is 8.00. The van der Waals surface area contributed by atoms with E-state index >= 15 is 0 Å². The minimum absolute atomic E-state index is 0.0263. The van der Waals surface area contributed by atoms with Gasteiger partial charge in [-0.2, -0.15) is 4.98 Å². The fraction of sp³-hybridized carbons (Fsp3) is 0.556. The van der Waals surface area contributed by atoms with Crippen molar-refractivity contribution in [2.24, 2.45) is 0 Å². The van der Waals surface area contributed by atoms with Crippen LogP contribution in [0, 0.1) is 6.92 Å². The van der Waals surface area contributed by atoms with Crippen LogP contribution in [0.15, 0.2) is 0 Å². The Bertz CT molecular complexity index is 295. The molecule has 0 aliphatic heterocycles. The smallest absolute Gasteiger partial charge is 0.217 e. The fourth-order valence-electron chi connectivity index (χ4n) is 1.25. The molecule has 0 aliphatic rings. The molecule has 5 heteroatoms. The number of hydrogen-bond donors (Lipinski definition) is 2. The summed E-state index contributed by atoms with van der Waals surface area (Å²) in [6, 6.07) is 0. The number of aromatic nitrogens is 2. The van der Waals surface area contributed by atoms with Crippen LogP contribution in [0.25, 0.3) is 0 Å². The molecule has 1 rings (SSSR count). The summed E-state index contributed by atoms with van der Waals surface area (Å²) in [4.78, 5) is 7.96. The Morgan fingerprint density at radius 2 is 2.07 bits per heavy atom. The van der Waals surface area contributed by atoms with Gasteiger partial charge in [0.15, 0.2) is 0 Å². The average Bonchev–Trinajstić information content (AvgIpc) is 2.16. The van der Waals surface area contributed by atoms with E-state index in [2.05, 4.69) is 9.97 Å². The van der Waals surface area contributed by atoms with Crippen LogP contribution in [0.5, 0.6) is 5.88 Å². The highest BCUT2D eigenvalue weighted by Crippen LogP contribution is 2.19. The number of hydrogen-bond acceptors (Lipinski definition) is 4. The Labute approximate surface area is 87.6 Å². The molecule has 0 saturated heterocycles. The van der Waals surface area contributed by atoms with Crippen LogP contribution in [-0.4, -0.2) is 26.8 Å². The lowest BCUT2D eigenvalue weighted by Crippen LogP contribution is -2.02. The zero-order valence-corrected chi connectivity index (χ0v) is 8.75. The summed E-state index contributed by atoms with van der Waals surface area (Å²) in [6.07, 6.45) is 1.18. The summed E-state index contributed by atoms with van der Waals surface area (Å²) in [6.45, 7) is 1.89. The van der Waals surface area contributed by atoms with Gasteiger partial charge in [-0.3, -0.25) is 0 Å². The van der Waals surface area contributed by atoms with E-state index in [-0.39, 0.29) is 18.4 Å². The first-order valence-corrected chi connectivity index (χ1v) is 4.94. The molecule has 0 radical (unpaired) electrons. The molecule has 0 aromatic carbocycles. The van der Waals surface area contributed by atoms with Crippen molar-refractivity contribution < 1.29 is 10.2 Å². The van der Waals surface area contributed by atoms with Gasteiger partial charge in [-0.25, -0.2) is 4.98 Å². The molecule has 1 aromatic rings. The monoisotopic (exact) mass is 216 g/mol. The first-order valence-electron chi connectivity index (χ1n) is 4.41.